The van der Waals surface area contributed by atoms with Gasteiger partial charge in [-0.3, -0.25) is 19.2 Å². The van der Waals surface area contributed by atoms with Crippen LogP contribution in [0.15, 0.2) is 0 Å². The summed E-state index contributed by atoms with van der Waals surface area (Å²) in [4.78, 5) is 45.9. The summed E-state index contributed by atoms with van der Waals surface area (Å²) in [5.74, 6) is -2.43. The highest BCUT2D eigenvalue weighted by Crippen LogP contribution is 2.28. The number of nitrogens with one attached hydrogen (secondary N) is 1. The molecule has 0 spiro atoms. The van der Waals surface area contributed by atoms with Gasteiger partial charge in [0.25, 0.3) is 0 Å². The SMILES string of the molecule is CCCNC1[C@H](OC(C)=O)OC(COC(C)=O)[C@H](OC(C)=O)[C@H]1OC(C)=O. The second-order valence-corrected chi connectivity index (χ2v) is 6.08. The molecule has 1 fully saturated rings. The zero-order valence-electron chi connectivity index (χ0n) is 16.2. The predicted molar refractivity (Wildman–Crippen MR) is 90.2 cm³/mol. The zero-order chi connectivity index (χ0) is 20.6. The second kappa shape index (κ2) is 10.8. The van der Waals surface area contributed by atoms with Gasteiger partial charge >= 0.3 is 23.9 Å². The van der Waals surface area contributed by atoms with Gasteiger partial charge in [0.2, 0.25) is 6.29 Å². The van der Waals surface area contributed by atoms with E-state index in [4.69, 9.17) is 23.7 Å². The van der Waals surface area contributed by atoms with Crippen LogP contribution in [0.25, 0.3) is 0 Å². The van der Waals surface area contributed by atoms with Gasteiger partial charge in [0.15, 0.2) is 12.2 Å². The summed E-state index contributed by atoms with van der Waals surface area (Å²) in [5, 5.41) is 3.09. The third kappa shape index (κ3) is 7.51. The Morgan fingerprint density at radius 2 is 1.41 bits per heavy atom. The smallest absolute Gasteiger partial charge is 0.304 e. The minimum absolute atomic E-state index is 0.274. The lowest BCUT2D eigenvalue weighted by atomic mass is 9.96. The molecule has 0 bridgehead atoms. The Morgan fingerprint density at radius 3 is 1.89 bits per heavy atom. The standard InChI is InChI=1S/C17H27NO9/c1-6-7-18-14-16(25-11(4)21)15(24-10(3)20)13(8-23-9(2)19)27-17(14)26-12(5)22/h13-18H,6-8H2,1-5H3/t13?,14?,15-,16-,17+/m0/s1. The molecule has 1 aliphatic heterocycles. The van der Waals surface area contributed by atoms with Gasteiger partial charge in [-0.05, 0) is 13.0 Å². The van der Waals surface area contributed by atoms with E-state index in [1.54, 1.807) is 0 Å². The van der Waals surface area contributed by atoms with E-state index >= 15 is 0 Å². The Morgan fingerprint density at radius 1 is 0.852 bits per heavy atom. The van der Waals surface area contributed by atoms with Crippen molar-refractivity contribution in [2.45, 2.75) is 71.7 Å². The van der Waals surface area contributed by atoms with Gasteiger partial charge in [0, 0.05) is 27.7 Å². The fourth-order valence-electron chi connectivity index (χ4n) is 2.69. The van der Waals surface area contributed by atoms with Crippen molar-refractivity contribution in [3.63, 3.8) is 0 Å². The molecule has 5 atom stereocenters. The molecule has 0 radical (unpaired) electrons. The van der Waals surface area contributed by atoms with Crippen LogP contribution in [0.2, 0.25) is 0 Å². The Labute approximate surface area is 157 Å². The largest absolute Gasteiger partial charge is 0.463 e. The second-order valence-electron chi connectivity index (χ2n) is 6.08. The van der Waals surface area contributed by atoms with Crippen molar-refractivity contribution < 1.29 is 42.9 Å². The first-order valence-electron chi connectivity index (χ1n) is 8.69. The van der Waals surface area contributed by atoms with Gasteiger partial charge < -0.3 is 29.0 Å². The summed E-state index contributed by atoms with van der Waals surface area (Å²) < 4.78 is 26.6. The van der Waals surface area contributed by atoms with Crippen molar-refractivity contribution in [3.05, 3.63) is 0 Å². The normalized spacial score (nSPS) is 27.4. The number of hydrogen-bond acceptors (Lipinski definition) is 10. The first-order chi connectivity index (χ1) is 12.6. The highest BCUT2D eigenvalue weighted by atomic mass is 16.7. The van der Waals surface area contributed by atoms with E-state index in [0.717, 1.165) is 6.42 Å². The third-order valence-electron chi connectivity index (χ3n) is 3.61. The molecule has 0 aromatic carbocycles. The molecule has 1 N–H and O–H groups in total. The molecule has 154 valence electrons. The molecular weight excluding hydrogens is 362 g/mol. The number of ether oxygens (including phenoxy) is 5. The summed E-state index contributed by atoms with van der Waals surface area (Å²) in [6, 6.07) is -0.782. The maximum Gasteiger partial charge on any atom is 0.304 e. The maximum absolute atomic E-state index is 11.6. The van der Waals surface area contributed by atoms with Gasteiger partial charge in [-0.1, -0.05) is 6.92 Å². The molecule has 0 aromatic heterocycles. The van der Waals surface area contributed by atoms with E-state index in [9.17, 15) is 19.2 Å². The maximum atomic E-state index is 11.6. The number of hydrogen-bond donors (Lipinski definition) is 1. The predicted octanol–water partition coefficient (Wildman–Crippen LogP) is 0.0691. The van der Waals surface area contributed by atoms with E-state index in [0.29, 0.717) is 6.54 Å². The lowest BCUT2D eigenvalue weighted by Gasteiger charge is -2.44. The Kier molecular flexibility index (Phi) is 9.16. The van der Waals surface area contributed by atoms with Crippen molar-refractivity contribution in [1.82, 2.24) is 5.32 Å². The molecule has 1 heterocycles. The molecule has 1 rings (SSSR count). The molecule has 1 aliphatic rings. The van der Waals surface area contributed by atoms with Gasteiger partial charge in [-0.2, -0.15) is 0 Å². The van der Waals surface area contributed by atoms with Crippen molar-refractivity contribution in [1.29, 1.82) is 0 Å². The monoisotopic (exact) mass is 389 g/mol. The molecular formula is C17H27NO9. The fourth-order valence-corrected chi connectivity index (χ4v) is 2.69. The van der Waals surface area contributed by atoms with Gasteiger partial charge in [-0.15, -0.1) is 0 Å². The van der Waals surface area contributed by atoms with Gasteiger partial charge in [-0.25, -0.2) is 0 Å². The molecule has 10 heteroatoms. The van der Waals surface area contributed by atoms with Gasteiger partial charge in [0.1, 0.15) is 18.8 Å². The lowest BCUT2D eigenvalue weighted by molar-refractivity contribution is -0.271. The number of esters is 4. The molecule has 0 aromatic rings. The zero-order valence-corrected chi connectivity index (χ0v) is 16.2. The minimum atomic E-state index is -1.13. The van der Waals surface area contributed by atoms with Crippen molar-refractivity contribution in [3.8, 4) is 0 Å². The van der Waals surface area contributed by atoms with Crippen LogP contribution in [-0.2, 0) is 42.9 Å². The summed E-state index contributed by atoms with van der Waals surface area (Å²) >= 11 is 0. The quantitative estimate of drug-likeness (QED) is 0.450. The Hall–Kier alpha value is -2.20. The topological polar surface area (TPSA) is 126 Å². The minimum Gasteiger partial charge on any atom is -0.463 e. The molecule has 27 heavy (non-hydrogen) atoms. The van der Waals surface area contributed by atoms with Gasteiger partial charge in [0.05, 0.1) is 0 Å². The fraction of sp³-hybridized carbons (Fsp3) is 0.765. The number of carbonyl (C=O) groups is 4. The van der Waals surface area contributed by atoms with E-state index < -0.39 is 54.5 Å². The van der Waals surface area contributed by atoms with E-state index in [2.05, 4.69) is 5.32 Å². The first kappa shape index (κ1) is 22.8. The van der Waals surface area contributed by atoms with Crippen LogP contribution >= 0.6 is 0 Å². The highest BCUT2D eigenvalue weighted by Gasteiger charge is 2.51. The molecule has 0 saturated carbocycles. The van der Waals surface area contributed by atoms with Crippen LogP contribution in [0.1, 0.15) is 41.0 Å². The molecule has 10 nitrogen and oxygen atoms in total. The van der Waals surface area contributed by atoms with E-state index in [-0.39, 0.29) is 6.61 Å². The van der Waals surface area contributed by atoms with E-state index in [1.165, 1.54) is 27.7 Å². The summed E-state index contributed by atoms with van der Waals surface area (Å²) in [7, 11) is 0. The van der Waals surface area contributed by atoms with Crippen LogP contribution in [0.3, 0.4) is 0 Å². The molecule has 0 aliphatic carbocycles. The average molecular weight is 389 g/mol. The van der Waals surface area contributed by atoms with Crippen LogP contribution in [0.4, 0.5) is 0 Å². The number of rotatable bonds is 8. The highest BCUT2D eigenvalue weighted by molar-refractivity contribution is 5.68. The van der Waals surface area contributed by atoms with Crippen LogP contribution in [0.5, 0.6) is 0 Å². The molecule has 2 unspecified atom stereocenters. The number of carbonyl (C=O) groups excluding carboxylic acids is 4. The van der Waals surface area contributed by atoms with E-state index in [1.807, 2.05) is 6.92 Å². The third-order valence-corrected chi connectivity index (χ3v) is 3.61. The summed E-state index contributed by atoms with van der Waals surface area (Å²) in [6.45, 7) is 6.97. The van der Waals surface area contributed by atoms with Crippen LogP contribution < -0.4 is 5.32 Å². The lowest BCUT2D eigenvalue weighted by Crippen LogP contribution is -2.66. The average Bonchev–Trinajstić information content (AvgIpc) is 2.53. The molecule has 0 amide bonds. The van der Waals surface area contributed by atoms with Crippen molar-refractivity contribution in [2.24, 2.45) is 0 Å². The van der Waals surface area contributed by atoms with Crippen molar-refractivity contribution >= 4 is 23.9 Å². The van der Waals surface area contributed by atoms with Crippen molar-refractivity contribution in [2.75, 3.05) is 13.2 Å². The Balaban J connectivity index is 3.22. The summed E-state index contributed by atoms with van der Waals surface area (Å²) in [5.41, 5.74) is 0. The molecule has 1 saturated heterocycles. The van der Waals surface area contributed by atoms with Crippen LogP contribution in [-0.4, -0.2) is 67.7 Å². The first-order valence-corrected chi connectivity index (χ1v) is 8.69. The van der Waals surface area contributed by atoms with Crippen LogP contribution in [0, 0.1) is 0 Å². The summed E-state index contributed by atoms with van der Waals surface area (Å²) in [6.07, 6.45) is -3.47. The Bertz CT molecular complexity index is 551.